The summed E-state index contributed by atoms with van der Waals surface area (Å²) in [5.41, 5.74) is 1.95. The van der Waals surface area contributed by atoms with E-state index in [1.807, 2.05) is 60.8 Å². The van der Waals surface area contributed by atoms with E-state index in [2.05, 4.69) is 15.3 Å². The predicted octanol–water partition coefficient (Wildman–Crippen LogP) is 4.86. The van der Waals surface area contributed by atoms with Gasteiger partial charge in [-0.25, -0.2) is 9.97 Å². The summed E-state index contributed by atoms with van der Waals surface area (Å²) in [4.78, 5) is 8.52. The van der Waals surface area contributed by atoms with Gasteiger partial charge in [0.15, 0.2) is 0 Å². The van der Waals surface area contributed by atoms with E-state index >= 15 is 0 Å². The van der Waals surface area contributed by atoms with Crippen molar-refractivity contribution in [1.82, 2.24) is 9.97 Å². The zero-order valence-electron chi connectivity index (χ0n) is 13.8. The smallest absolute Gasteiger partial charge is 0.139 e. The van der Waals surface area contributed by atoms with Crippen molar-refractivity contribution >= 4 is 11.5 Å². The minimum Gasteiger partial charge on any atom is -0.457 e. The minimum atomic E-state index is 0.0735. The average Bonchev–Trinajstić information content (AvgIpc) is 3.19. The Morgan fingerprint density at radius 3 is 2.56 bits per heavy atom. The molecule has 1 aliphatic heterocycles. The molecule has 0 spiro atoms. The third kappa shape index (κ3) is 3.78. The highest BCUT2D eigenvalue weighted by molar-refractivity contribution is 5.60. The van der Waals surface area contributed by atoms with Crippen LogP contribution in [0.1, 0.15) is 24.5 Å². The molecule has 1 atom stereocenters. The summed E-state index contributed by atoms with van der Waals surface area (Å²) < 4.78 is 11.6. The highest BCUT2D eigenvalue weighted by Gasteiger charge is 2.21. The highest BCUT2D eigenvalue weighted by atomic mass is 16.5. The van der Waals surface area contributed by atoms with E-state index in [0.717, 1.165) is 48.0 Å². The molecule has 0 amide bonds. The fourth-order valence-corrected chi connectivity index (χ4v) is 2.87. The summed E-state index contributed by atoms with van der Waals surface area (Å²) in [6, 6.07) is 17.5. The maximum atomic E-state index is 5.82. The third-order valence-corrected chi connectivity index (χ3v) is 4.11. The monoisotopic (exact) mass is 333 g/mol. The molecule has 1 fully saturated rings. The molecule has 0 aliphatic carbocycles. The van der Waals surface area contributed by atoms with E-state index in [9.17, 15) is 0 Å². The Kier molecular flexibility index (Phi) is 4.57. The zero-order valence-corrected chi connectivity index (χ0v) is 13.8. The first-order chi connectivity index (χ1) is 12.4. The number of benzene rings is 2. The van der Waals surface area contributed by atoms with Gasteiger partial charge >= 0.3 is 0 Å². The fraction of sp³-hybridized carbons (Fsp3) is 0.200. The number of aromatic nitrogens is 2. The van der Waals surface area contributed by atoms with E-state index in [4.69, 9.17) is 9.47 Å². The lowest BCUT2D eigenvalue weighted by atomic mass is 10.1. The van der Waals surface area contributed by atoms with Gasteiger partial charge in [0.25, 0.3) is 0 Å². The molecule has 5 heteroatoms. The number of para-hydroxylation sites is 1. The molecule has 1 aliphatic rings. The lowest BCUT2D eigenvalue weighted by Crippen LogP contribution is -2.04. The molecular weight excluding hydrogens is 314 g/mol. The van der Waals surface area contributed by atoms with Gasteiger partial charge in [0.2, 0.25) is 0 Å². The molecule has 2 heterocycles. The Hall–Kier alpha value is -2.92. The highest BCUT2D eigenvalue weighted by Crippen LogP contribution is 2.33. The van der Waals surface area contributed by atoms with Crippen LogP contribution in [0.3, 0.4) is 0 Å². The van der Waals surface area contributed by atoms with E-state index < -0.39 is 0 Å². The SMILES string of the molecule is c1ccc(Oc2ccc(Nc3ncncc3C3CCCO3)cc2)cc1. The summed E-state index contributed by atoms with van der Waals surface area (Å²) in [6.07, 6.45) is 5.53. The van der Waals surface area contributed by atoms with Crippen LogP contribution in [0.15, 0.2) is 67.1 Å². The maximum absolute atomic E-state index is 5.82. The topological polar surface area (TPSA) is 56.3 Å². The summed E-state index contributed by atoms with van der Waals surface area (Å²) in [7, 11) is 0. The van der Waals surface area contributed by atoms with Gasteiger partial charge in [-0.3, -0.25) is 0 Å². The predicted molar refractivity (Wildman–Crippen MR) is 96.2 cm³/mol. The zero-order chi connectivity index (χ0) is 16.9. The van der Waals surface area contributed by atoms with Crippen molar-refractivity contribution in [1.29, 1.82) is 0 Å². The Morgan fingerprint density at radius 1 is 1.00 bits per heavy atom. The number of hydrogen-bond acceptors (Lipinski definition) is 5. The lowest BCUT2D eigenvalue weighted by Gasteiger charge is -2.15. The Labute approximate surface area is 146 Å². The van der Waals surface area contributed by atoms with Crippen molar-refractivity contribution in [3.05, 3.63) is 72.7 Å². The molecule has 1 unspecified atom stereocenters. The van der Waals surface area contributed by atoms with Gasteiger partial charge in [-0.15, -0.1) is 0 Å². The van der Waals surface area contributed by atoms with E-state index in [1.54, 1.807) is 6.33 Å². The normalized spacial score (nSPS) is 16.6. The van der Waals surface area contributed by atoms with Crippen LogP contribution in [0.5, 0.6) is 11.5 Å². The van der Waals surface area contributed by atoms with Crippen molar-refractivity contribution in [2.75, 3.05) is 11.9 Å². The number of ether oxygens (including phenoxy) is 2. The number of nitrogens with one attached hydrogen (secondary N) is 1. The molecule has 1 aromatic heterocycles. The molecule has 2 aromatic carbocycles. The number of rotatable bonds is 5. The van der Waals surface area contributed by atoms with Crippen LogP contribution in [0.4, 0.5) is 11.5 Å². The van der Waals surface area contributed by atoms with Gasteiger partial charge in [0, 0.05) is 24.1 Å². The van der Waals surface area contributed by atoms with Gasteiger partial charge in [-0.1, -0.05) is 18.2 Å². The molecule has 1 N–H and O–H groups in total. The van der Waals surface area contributed by atoms with Crippen LogP contribution in [0, 0.1) is 0 Å². The summed E-state index contributed by atoms with van der Waals surface area (Å²) in [5, 5.41) is 3.35. The van der Waals surface area contributed by atoms with Gasteiger partial charge in [0.1, 0.15) is 23.6 Å². The molecule has 0 bridgehead atoms. The minimum absolute atomic E-state index is 0.0735. The van der Waals surface area contributed by atoms with Crippen LogP contribution in [-0.2, 0) is 4.74 Å². The number of hydrogen-bond donors (Lipinski definition) is 1. The fourth-order valence-electron chi connectivity index (χ4n) is 2.87. The van der Waals surface area contributed by atoms with Crippen LogP contribution >= 0.6 is 0 Å². The molecule has 0 saturated carbocycles. The van der Waals surface area contributed by atoms with Gasteiger partial charge in [-0.2, -0.15) is 0 Å². The summed E-state index contributed by atoms with van der Waals surface area (Å²) in [6.45, 7) is 0.796. The third-order valence-electron chi connectivity index (χ3n) is 4.11. The second kappa shape index (κ2) is 7.32. The quantitative estimate of drug-likeness (QED) is 0.722. The van der Waals surface area contributed by atoms with Crippen LogP contribution < -0.4 is 10.1 Å². The average molecular weight is 333 g/mol. The first-order valence-electron chi connectivity index (χ1n) is 8.40. The van der Waals surface area contributed by atoms with E-state index in [0.29, 0.717) is 0 Å². The van der Waals surface area contributed by atoms with Crippen molar-refractivity contribution in [3.8, 4) is 11.5 Å². The first kappa shape index (κ1) is 15.6. The summed E-state index contributed by atoms with van der Waals surface area (Å²) >= 11 is 0. The van der Waals surface area contributed by atoms with Crippen LogP contribution in [0.2, 0.25) is 0 Å². The number of nitrogens with zero attached hydrogens (tertiary/aromatic N) is 2. The lowest BCUT2D eigenvalue weighted by molar-refractivity contribution is 0.112. The van der Waals surface area contributed by atoms with Crippen molar-refractivity contribution in [2.45, 2.75) is 18.9 Å². The van der Waals surface area contributed by atoms with Gasteiger partial charge < -0.3 is 14.8 Å². The van der Waals surface area contributed by atoms with Crippen molar-refractivity contribution in [2.24, 2.45) is 0 Å². The second-order valence-corrected chi connectivity index (χ2v) is 5.89. The summed E-state index contributed by atoms with van der Waals surface area (Å²) in [5.74, 6) is 2.40. The molecule has 4 rings (SSSR count). The molecule has 126 valence electrons. The number of anilines is 2. The molecular formula is C20H19N3O2. The van der Waals surface area contributed by atoms with Crippen molar-refractivity contribution < 1.29 is 9.47 Å². The molecule has 5 nitrogen and oxygen atoms in total. The molecule has 1 saturated heterocycles. The molecule has 0 radical (unpaired) electrons. The van der Waals surface area contributed by atoms with Gasteiger partial charge in [-0.05, 0) is 49.2 Å². The van der Waals surface area contributed by atoms with E-state index in [-0.39, 0.29) is 6.10 Å². The van der Waals surface area contributed by atoms with Crippen LogP contribution in [0.25, 0.3) is 0 Å². The Bertz CT molecular complexity index is 816. The standard InChI is InChI=1S/C20H19N3O2/c1-2-5-16(6-3-1)25-17-10-8-15(9-11-17)23-20-18(13-21-14-22-20)19-7-4-12-24-19/h1-3,5-6,8-11,13-14,19H,4,7,12H2,(H,21,22,23). The second-order valence-electron chi connectivity index (χ2n) is 5.89. The molecule has 3 aromatic rings. The first-order valence-corrected chi connectivity index (χ1v) is 8.40. The maximum Gasteiger partial charge on any atom is 0.139 e. The van der Waals surface area contributed by atoms with Gasteiger partial charge in [0.05, 0.1) is 6.10 Å². The molecule has 25 heavy (non-hydrogen) atoms. The van der Waals surface area contributed by atoms with Crippen LogP contribution in [-0.4, -0.2) is 16.6 Å². The van der Waals surface area contributed by atoms with E-state index in [1.165, 1.54) is 0 Å². The van der Waals surface area contributed by atoms with Crippen molar-refractivity contribution in [3.63, 3.8) is 0 Å². The Balaban J connectivity index is 1.48. The Morgan fingerprint density at radius 2 is 1.80 bits per heavy atom. The largest absolute Gasteiger partial charge is 0.457 e.